The molecule has 0 aliphatic rings. The number of hydrogen-bond acceptors (Lipinski definition) is 2. The topological polar surface area (TPSA) is 57.8 Å². The van der Waals surface area contributed by atoms with Gasteiger partial charge in [0.05, 0.1) is 11.9 Å². The van der Waals surface area contributed by atoms with Gasteiger partial charge in [-0.25, -0.2) is 9.37 Å². The molecule has 2 rings (SSSR count). The lowest BCUT2D eigenvalue weighted by molar-refractivity contribution is -0.114. The van der Waals surface area contributed by atoms with Gasteiger partial charge in [0, 0.05) is 18.5 Å². The van der Waals surface area contributed by atoms with Crippen molar-refractivity contribution in [2.24, 2.45) is 0 Å². The van der Waals surface area contributed by atoms with Gasteiger partial charge in [-0.2, -0.15) is 0 Å². The molecule has 2 aromatic rings. The molecule has 5 heteroatoms. The molecular weight excluding hydrogens is 185 g/mol. The molecule has 0 aliphatic carbocycles. The van der Waals surface area contributed by atoms with Gasteiger partial charge < -0.3 is 10.3 Å². The molecule has 0 saturated heterocycles. The summed E-state index contributed by atoms with van der Waals surface area (Å²) in [6, 6.07) is 1.32. The van der Waals surface area contributed by atoms with E-state index in [1.165, 1.54) is 13.0 Å². The van der Waals surface area contributed by atoms with Crippen molar-refractivity contribution in [1.29, 1.82) is 0 Å². The number of H-pyrrole nitrogens is 1. The minimum Gasteiger partial charge on any atom is -0.344 e. The lowest BCUT2D eigenvalue weighted by atomic mass is 10.3. The number of anilines is 1. The number of amides is 1. The van der Waals surface area contributed by atoms with Crippen LogP contribution in [0.15, 0.2) is 18.5 Å². The Morgan fingerprint density at radius 2 is 2.43 bits per heavy atom. The van der Waals surface area contributed by atoms with Crippen molar-refractivity contribution in [3.63, 3.8) is 0 Å². The lowest BCUT2D eigenvalue weighted by Crippen LogP contribution is -2.04. The molecule has 0 bridgehead atoms. The van der Waals surface area contributed by atoms with Gasteiger partial charge in [-0.05, 0) is 6.07 Å². The first-order valence-electron chi connectivity index (χ1n) is 4.07. The van der Waals surface area contributed by atoms with Crippen LogP contribution in [0, 0.1) is 5.82 Å². The molecule has 0 aromatic carbocycles. The zero-order valence-electron chi connectivity index (χ0n) is 7.47. The van der Waals surface area contributed by atoms with Gasteiger partial charge in [0.2, 0.25) is 5.91 Å². The van der Waals surface area contributed by atoms with Gasteiger partial charge in [0.25, 0.3) is 0 Å². The molecule has 2 N–H and O–H groups in total. The van der Waals surface area contributed by atoms with Crippen molar-refractivity contribution in [3.05, 3.63) is 24.3 Å². The average Bonchev–Trinajstić information content (AvgIpc) is 2.47. The highest BCUT2D eigenvalue weighted by molar-refractivity contribution is 5.99. The van der Waals surface area contributed by atoms with Crippen LogP contribution in [0.5, 0.6) is 0 Å². The third-order valence-corrected chi connectivity index (χ3v) is 1.81. The molecule has 2 heterocycles. The van der Waals surface area contributed by atoms with Gasteiger partial charge in [0.1, 0.15) is 11.5 Å². The number of carbonyl (C=O) groups is 1. The van der Waals surface area contributed by atoms with E-state index in [1.807, 2.05) is 0 Å². The maximum absolute atomic E-state index is 12.8. The minimum atomic E-state index is -0.427. The van der Waals surface area contributed by atoms with E-state index in [0.29, 0.717) is 16.7 Å². The highest BCUT2D eigenvalue weighted by Gasteiger charge is 2.06. The molecule has 0 spiro atoms. The summed E-state index contributed by atoms with van der Waals surface area (Å²) < 4.78 is 12.8. The standard InChI is InChI=1S/C9H8FN3O/c1-5(14)13-8-4-12-9-7(8)2-6(10)3-11-9/h2-4H,1H3,(H,11,12)(H,13,14). The Labute approximate surface area is 79.1 Å². The van der Waals surface area contributed by atoms with Gasteiger partial charge >= 0.3 is 0 Å². The molecular formula is C9H8FN3O. The monoisotopic (exact) mass is 193 g/mol. The number of nitrogens with zero attached hydrogens (tertiary/aromatic N) is 1. The van der Waals surface area contributed by atoms with E-state index >= 15 is 0 Å². The molecule has 4 nitrogen and oxygen atoms in total. The molecule has 14 heavy (non-hydrogen) atoms. The van der Waals surface area contributed by atoms with E-state index in [0.717, 1.165) is 6.20 Å². The second kappa shape index (κ2) is 3.10. The fourth-order valence-electron chi connectivity index (χ4n) is 1.27. The Morgan fingerprint density at radius 1 is 1.64 bits per heavy atom. The summed E-state index contributed by atoms with van der Waals surface area (Å²) in [6.07, 6.45) is 2.70. The molecule has 0 saturated carbocycles. The molecule has 0 radical (unpaired) electrons. The zero-order chi connectivity index (χ0) is 10.1. The summed E-state index contributed by atoms with van der Waals surface area (Å²) in [5.41, 5.74) is 1.09. The molecule has 0 aliphatic heterocycles. The summed E-state index contributed by atoms with van der Waals surface area (Å²) in [4.78, 5) is 17.5. The van der Waals surface area contributed by atoms with Crippen LogP contribution in [0.2, 0.25) is 0 Å². The van der Waals surface area contributed by atoms with Crippen LogP contribution in [0.25, 0.3) is 11.0 Å². The second-order valence-electron chi connectivity index (χ2n) is 2.93. The number of aromatic nitrogens is 2. The molecule has 0 unspecified atom stereocenters. The third kappa shape index (κ3) is 1.44. The highest BCUT2D eigenvalue weighted by atomic mass is 19.1. The van der Waals surface area contributed by atoms with Crippen molar-refractivity contribution in [1.82, 2.24) is 9.97 Å². The number of halogens is 1. The number of nitrogens with one attached hydrogen (secondary N) is 2. The number of aromatic amines is 1. The number of pyridine rings is 1. The number of carbonyl (C=O) groups excluding carboxylic acids is 1. The van der Waals surface area contributed by atoms with Crippen molar-refractivity contribution >= 4 is 22.6 Å². The van der Waals surface area contributed by atoms with Gasteiger partial charge in [-0.15, -0.1) is 0 Å². The maximum atomic E-state index is 12.8. The smallest absolute Gasteiger partial charge is 0.221 e. The van der Waals surface area contributed by atoms with Crippen molar-refractivity contribution in [3.8, 4) is 0 Å². The zero-order valence-corrected chi connectivity index (χ0v) is 7.47. The van der Waals surface area contributed by atoms with Crippen molar-refractivity contribution < 1.29 is 9.18 Å². The largest absolute Gasteiger partial charge is 0.344 e. The summed E-state index contributed by atoms with van der Waals surface area (Å²) in [5, 5.41) is 3.15. The first kappa shape index (κ1) is 8.68. The molecule has 72 valence electrons. The van der Waals surface area contributed by atoms with Gasteiger partial charge in [-0.1, -0.05) is 0 Å². The van der Waals surface area contributed by atoms with Crippen LogP contribution in [-0.2, 0) is 4.79 Å². The summed E-state index contributed by atoms with van der Waals surface area (Å²) in [5.74, 6) is -0.626. The predicted molar refractivity (Wildman–Crippen MR) is 50.4 cm³/mol. The van der Waals surface area contributed by atoms with E-state index in [1.54, 1.807) is 6.20 Å². The second-order valence-corrected chi connectivity index (χ2v) is 2.93. The maximum Gasteiger partial charge on any atom is 0.221 e. The molecule has 0 fully saturated rings. The van der Waals surface area contributed by atoms with E-state index in [4.69, 9.17) is 0 Å². The number of hydrogen-bond donors (Lipinski definition) is 2. The first-order valence-corrected chi connectivity index (χ1v) is 4.07. The highest BCUT2D eigenvalue weighted by Crippen LogP contribution is 2.21. The summed E-state index contributed by atoms with van der Waals surface area (Å²) in [6.45, 7) is 1.39. The number of rotatable bonds is 1. The lowest BCUT2D eigenvalue weighted by Gasteiger charge is -1.97. The van der Waals surface area contributed by atoms with Gasteiger partial charge in [0.15, 0.2) is 0 Å². The van der Waals surface area contributed by atoms with Crippen LogP contribution >= 0.6 is 0 Å². The third-order valence-electron chi connectivity index (χ3n) is 1.81. The van der Waals surface area contributed by atoms with Crippen LogP contribution in [0.4, 0.5) is 10.1 Å². The van der Waals surface area contributed by atoms with E-state index in [2.05, 4.69) is 15.3 Å². The van der Waals surface area contributed by atoms with Crippen LogP contribution in [0.3, 0.4) is 0 Å². The fraction of sp³-hybridized carbons (Fsp3) is 0.111. The Bertz CT molecular complexity index is 492. The summed E-state index contributed by atoms with van der Waals surface area (Å²) in [7, 11) is 0. The van der Waals surface area contributed by atoms with Crippen molar-refractivity contribution in [2.45, 2.75) is 6.92 Å². The van der Waals surface area contributed by atoms with Crippen molar-refractivity contribution in [2.75, 3.05) is 5.32 Å². The molecule has 2 aromatic heterocycles. The number of fused-ring (bicyclic) bond motifs is 1. The van der Waals surface area contributed by atoms with E-state index in [-0.39, 0.29) is 5.91 Å². The van der Waals surface area contributed by atoms with Crippen LogP contribution in [-0.4, -0.2) is 15.9 Å². The fourth-order valence-corrected chi connectivity index (χ4v) is 1.27. The molecule has 0 atom stereocenters. The predicted octanol–water partition coefficient (Wildman–Crippen LogP) is 1.66. The molecule has 1 amide bonds. The van der Waals surface area contributed by atoms with Crippen LogP contribution < -0.4 is 5.32 Å². The first-order chi connectivity index (χ1) is 6.66. The van der Waals surface area contributed by atoms with Crippen LogP contribution in [0.1, 0.15) is 6.92 Å². The Hall–Kier alpha value is -1.91. The van der Waals surface area contributed by atoms with Gasteiger partial charge in [-0.3, -0.25) is 4.79 Å². The Balaban J connectivity index is 2.55. The SMILES string of the molecule is CC(=O)Nc1c[nH]c2ncc(F)cc12. The summed E-state index contributed by atoms with van der Waals surface area (Å²) >= 11 is 0. The Kier molecular flexibility index (Phi) is 1.92. The Morgan fingerprint density at radius 3 is 3.14 bits per heavy atom. The average molecular weight is 193 g/mol. The van der Waals surface area contributed by atoms with E-state index in [9.17, 15) is 9.18 Å². The quantitative estimate of drug-likeness (QED) is 0.723. The normalized spacial score (nSPS) is 10.4. The van der Waals surface area contributed by atoms with E-state index < -0.39 is 5.82 Å². The minimum absolute atomic E-state index is 0.199.